The molecule has 1 aromatic carbocycles. The molecular formula is C14H18N4. The fourth-order valence-electron chi connectivity index (χ4n) is 1.70. The quantitative estimate of drug-likeness (QED) is 0.841. The smallest absolute Gasteiger partial charge is 0.127 e. The van der Waals surface area contributed by atoms with E-state index in [9.17, 15) is 0 Å². The summed E-state index contributed by atoms with van der Waals surface area (Å²) in [5.41, 5.74) is 2.92. The molecule has 0 spiro atoms. The van der Waals surface area contributed by atoms with Crippen molar-refractivity contribution in [3.8, 4) is 0 Å². The monoisotopic (exact) mass is 242 g/mol. The molecule has 0 radical (unpaired) electrons. The molecule has 2 aromatic rings. The Morgan fingerprint density at radius 2 is 1.89 bits per heavy atom. The Bertz CT molecular complexity index is 520. The number of H-pyrrole nitrogens is 1. The third-order valence-electron chi connectivity index (χ3n) is 2.62. The SMILES string of the molecule is CC(C)(C)c1n[nH]nc1C=NCc1ccccc1. The predicted octanol–water partition coefficient (Wildman–Crippen LogP) is 2.72. The molecule has 0 aliphatic heterocycles. The molecule has 0 saturated carbocycles. The summed E-state index contributed by atoms with van der Waals surface area (Å²) in [5.74, 6) is 0. The summed E-state index contributed by atoms with van der Waals surface area (Å²) in [4.78, 5) is 4.41. The number of nitrogens with zero attached hydrogens (tertiary/aromatic N) is 3. The van der Waals surface area contributed by atoms with Crippen LogP contribution < -0.4 is 0 Å². The number of hydrogen-bond donors (Lipinski definition) is 1. The summed E-state index contributed by atoms with van der Waals surface area (Å²) in [6.07, 6.45) is 1.79. The van der Waals surface area contributed by atoms with Crippen LogP contribution in [0.3, 0.4) is 0 Å². The summed E-state index contributed by atoms with van der Waals surface area (Å²) in [7, 11) is 0. The fraction of sp³-hybridized carbons (Fsp3) is 0.357. The van der Waals surface area contributed by atoms with Crippen molar-refractivity contribution >= 4 is 6.21 Å². The van der Waals surface area contributed by atoms with E-state index in [0.29, 0.717) is 6.54 Å². The maximum atomic E-state index is 4.41. The highest BCUT2D eigenvalue weighted by molar-refractivity contribution is 5.78. The van der Waals surface area contributed by atoms with E-state index in [4.69, 9.17) is 0 Å². The average Bonchev–Trinajstić information content (AvgIpc) is 2.78. The van der Waals surface area contributed by atoms with Gasteiger partial charge in [0, 0.05) is 5.41 Å². The number of aliphatic imine (C=N–C) groups is 1. The molecular weight excluding hydrogens is 224 g/mol. The summed E-state index contributed by atoms with van der Waals surface area (Å²) < 4.78 is 0. The van der Waals surface area contributed by atoms with Crippen molar-refractivity contribution in [3.63, 3.8) is 0 Å². The van der Waals surface area contributed by atoms with E-state index in [1.54, 1.807) is 6.21 Å². The normalized spacial score (nSPS) is 12.2. The lowest BCUT2D eigenvalue weighted by Gasteiger charge is -2.14. The third-order valence-corrected chi connectivity index (χ3v) is 2.62. The first kappa shape index (κ1) is 12.5. The topological polar surface area (TPSA) is 53.9 Å². The molecule has 1 aromatic heterocycles. The number of aromatic nitrogens is 3. The van der Waals surface area contributed by atoms with Gasteiger partial charge in [0.15, 0.2) is 0 Å². The summed E-state index contributed by atoms with van der Waals surface area (Å²) >= 11 is 0. The Hall–Kier alpha value is -1.97. The molecule has 0 saturated heterocycles. The molecule has 2 rings (SSSR count). The summed E-state index contributed by atoms with van der Waals surface area (Å²) in [6, 6.07) is 10.2. The largest absolute Gasteiger partial charge is 0.286 e. The first-order valence-corrected chi connectivity index (χ1v) is 6.02. The molecule has 18 heavy (non-hydrogen) atoms. The van der Waals surface area contributed by atoms with Gasteiger partial charge in [-0.1, -0.05) is 51.1 Å². The summed E-state index contributed by atoms with van der Waals surface area (Å²) in [5, 5.41) is 11.0. The zero-order valence-electron chi connectivity index (χ0n) is 11.0. The van der Waals surface area contributed by atoms with Gasteiger partial charge in [-0.15, -0.1) is 0 Å². The molecule has 0 atom stereocenters. The van der Waals surface area contributed by atoms with Crippen molar-refractivity contribution in [3.05, 3.63) is 47.3 Å². The molecule has 0 bridgehead atoms. The van der Waals surface area contributed by atoms with Crippen molar-refractivity contribution < 1.29 is 0 Å². The molecule has 0 aliphatic rings. The van der Waals surface area contributed by atoms with Crippen molar-refractivity contribution in [1.82, 2.24) is 15.4 Å². The Balaban J connectivity index is 2.09. The number of aromatic amines is 1. The van der Waals surface area contributed by atoms with E-state index in [0.717, 1.165) is 11.4 Å². The molecule has 0 amide bonds. The molecule has 0 unspecified atom stereocenters. The number of benzene rings is 1. The maximum Gasteiger partial charge on any atom is 0.127 e. The molecule has 1 N–H and O–H groups in total. The van der Waals surface area contributed by atoms with Gasteiger partial charge in [0.25, 0.3) is 0 Å². The maximum absolute atomic E-state index is 4.41. The standard InChI is InChI=1S/C14H18N4/c1-14(2,3)13-12(16-18-17-13)10-15-9-11-7-5-4-6-8-11/h4-8,10H,9H2,1-3H3,(H,16,17,18). The lowest BCUT2D eigenvalue weighted by Crippen LogP contribution is -2.14. The minimum absolute atomic E-state index is 0.0267. The Kier molecular flexibility index (Phi) is 3.55. The zero-order valence-corrected chi connectivity index (χ0v) is 11.0. The lowest BCUT2D eigenvalue weighted by molar-refractivity contribution is 0.566. The lowest BCUT2D eigenvalue weighted by atomic mass is 9.91. The highest BCUT2D eigenvalue weighted by atomic mass is 15.3. The van der Waals surface area contributed by atoms with Crippen LogP contribution in [-0.2, 0) is 12.0 Å². The van der Waals surface area contributed by atoms with Crippen LogP contribution in [0.15, 0.2) is 35.3 Å². The van der Waals surface area contributed by atoms with Crippen LogP contribution in [0.1, 0.15) is 37.7 Å². The minimum Gasteiger partial charge on any atom is -0.286 e. The van der Waals surface area contributed by atoms with Crippen LogP contribution in [0, 0.1) is 0 Å². The van der Waals surface area contributed by atoms with Crippen molar-refractivity contribution in [2.75, 3.05) is 0 Å². The van der Waals surface area contributed by atoms with E-state index in [1.807, 2.05) is 18.2 Å². The molecule has 0 aliphatic carbocycles. The van der Waals surface area contributed by atoms with Crippen molar-refractivity contribution in [2.45, 2.75) is 32.7 Å². The number of hydrogen-bond acceptors (Lipinski definition) is 3. The molecule has 4 nitrogen and oxygen atoms in total. The van der Waals surface area contributed by atoms with Gasteiger partial charge in [0.1, 0.15) is 5.69 Å². The first-order chi connectivity index (χ1) is 8.57. The molecule has 1 heterocycles. The van der Waals surface area contributed by atoms with Crippen LogP contribution in [0.2, 0.25) is 0 Å². The number of nitrogens with one attached hydrogen (secondary N) is 1. The van der Waals surface area contributed by atoms with E-state index >= 15 is 0 Å². The Labute approximate surface area is 107 Å². The zero-order chi connectivity index (χ0) is 13.0. The molecule has 0 fully saturated rings. The second-order valence-corrected chi connectivity index (χ2v) is 5.26. The Morgan fingerprint density at radius 3 is 2.56 bits per heavy atom. The number of rotatable bonds is 3. The van der Waals surface area contributed by atoms with E-state index in [-0.39, 0.29) is 5.41 Å². The van der Waals surface area contributed by atoms with E-state index < -0.39 is 0 Å². The van der Waals surface area contributed by atoms with Crippen LogP contribution >= 0.6 is 0 Å². The minimum atomic E-state index is -0.0267. The summed E-state index contributed by atoms with van der Waals surface area (Å²) in [6.45, 7) is 7.00. The average molecular weight is 242 g/mol. The second-order valence-electron chi connectivity index (χ2n) is 5.26. The van der Waals surface area contributed by atoms with E-state index in [1.165, 1.54) is 5.56 Å². The van der Waals surface area contributed by atoms with Gasteiger partial charge >= 0.3 is 0 Å². The van der Waals surface area contributed by atoms with Gasteiger partial charge in [0.2, 0.25) is 0 Å². The third kappa shape index (κ3) is 3.03. The van der Waals surface area contributed by atoms with Gasteiger partial charge in [-0.25, -0.2) is 0 Å². The fourth-order valence-corrected chi connectivity index (χ4v) is 1.70. The van der Waals surface area contributed by atoms with E-state index in [2.05, 4.69) is 53.3 Å². The highest BCUT2D eigenvalue weighted by Crippen LogP contribution is 2.20. The van der Waals surface area contributed by atoms with Gasteiger partial charge in [-0.2, -0.15) is 15.4 Å². The van der Waals surface area contributed by atoms with Gasteiger partial charge < -0.3 is 0 Å². The van der Waals surface area contributed by atoms with Gasteiger partial charge in [-0.3, -0.25) is 4.99 Å². The van der Waals surface area contributed by atoms with Crippen molar-refractivity contribution in [1.29, 1.82) is 0 Å². The second kappa shape index (κ2) is 5.12. The Morgan fingerprint density at radius 1 is 1.17 bits per heavy atom. The first-order valence-electron chi connectivity index (χ1n) is 6.02. The van der Waals surface area contributed by atoms with Gasteiger partial charge in [0.05, 0.1) is 18.5 Å². The molecule has 4 heteroatoms. The van der Waals surface area contributed by atoms with Crippen molar-refractivity contribution in [2.24, 2.45) is 4.99 Å². The van der Waals surface area contributed by atoms with Crippen LogP contribution in [0.25, 0.3) is 0 Å². The highest BCUT2D eigenvalue weighted by Gasteiger charge is 2.20. The van der Waals surface area contributed by atoms with Crippen LogP contribution in [-0.4, -0.2) is 21.6 Å². The van der Waals surface area contributed by atoms with Gasteiger partial charge in [-0.05, 0) is 5.56 Å². The molecule has 94 valence electrons. The van der Waals surface area contributed by atoms with Crippen LogP contribution in [0.4, 0.5) is 0 Å². The predicted molar refractivity (Wildman–Crippen MR) is 72.8 cm³/mol. The van der Waals surface area contributed by atoms with Crippen LogP contribution in [0.5, 0.6) is 0 Å².